The summed E-state index contributed by atoms with van der Waals surface area (Å²) >= 11 is 0. The van der Waals surface area contributed by atoms with E-state index in [1.165, 1.54) is 0 Å². The number of nitrogens with zero attached hydrogens (tertiary/aromatic N) is 2. The standard InChI is InChI=1S/C24H27N5O/c1-13(24(2,3)4)28-22-17-8-7-15(16-10-26-27-11-16)9-18(17)20-21(29-22)19(14-5-6-14)12-25-23(20)30/h7-14H,5-6H2,1-4H3,(H,25,30)(H,26,27)(H,28,29). The highest BCUT2D eigenvalue weighted by molar-refractivity contribution is 6.11. The average molecular weight is 402 g/mol. The smallest absolute Gasteiger partial charge is 0.258 e. The van der Waals surface area contributed by atoms with Crippen LogP contribution in [0.2, 0.25) is 0 Å². The normalized spacial score (nSPS) is 15.6. The van der Waals surface area contributed by atoms with Crippen LogP contribution in [0.25, 0.3) is 32.8 Å². The van der Waals surface area contributed by atoms with Gasteiger partial charge in [-0.05, 0) is 48.3 Å². The van der Waals surface area contributed by atoms with Gasteiger partial charge in [0.05, 0.1) is 17.1 Å². The molecule has 30 heavy (non-hydrogen) atoms. The third-order valence-electron chi connectivity index (χ3n) is 6.36. The highest BCUT2D eigenvalue weighted by Crippen LogP contribution is 2.43. The molecule has 0 radical (unpaired) electrons. The highest BCUT2D eigenvalue weighted by atomic mass is 16.1. The summed E-state index contributed by atoms with van der Waals surface area (Å²) in [5, 5.41) is 13.1. The van der Waals surface area contributed by atoms with Gasteiger partial charge in [0.25, 0.3) is 5.56 Å². The summed E-state index contributed by atoms with van der Waals surface area (Å²) in [7, 11) is 0. The van der Waals surface area contributed by atoms with Gasteiger partial charge in [-0.25, -0.2) is 4.98 Å². The van der Waals surface area contributed by atoms with Crippen molar-refractivity contribution in [3.63, 3.8) is 0 Å². The van der Waals surface area contributed by atoms with E-state index in [0.29, 0.717) is 11.3 Å². The lowest BCUT2D eigenvalue weighted by Gasteiger charge is -2.29. The van der Waals surface area contributed by atoms with Crippen LogP contribution < -0.4 is 10.9 Å². The van der Waals surface area contributed by atoms with E-state index in [4.69, 9.17) is 4.98 Å². The maximum absolute atomic E-state index is 12.9. The van der Waals surface area contributed by atoms with Crippen LogP contribution in [0.5, 0.6) is 0 Å². The third-order valence-corrected chi connectivity index (χ3v) is 6.36. The Labute approximate surface area is 175 Å². The van der Waals surface area contributed by atoms with Crippen molar-refractivity contribution in [1.29, 1.82) is 0 Å². The molecule has 3 N–H and O–H groups in total. The first kappa shape index (κ1) is 18.9. The quantitative estimate of drug-likeness (QED) is 0.411. The molecule has 1 aromatic carbocycles. The van der Waals surface area contributed by atoms with Gasteiger partial charge in [-0.3, -0.25) is 9.89 Å². The lowest BCUT2D eigenvalue weighted by Crippen LogP contribution is -2.31. The molecule has 6 heteroatoms. The van der Waals surface area contributed by atoms with Gasteiger partial charge in [0.2, 0.25) is 0 Å². The summed E-state index contributed by atoms with van der Waals surface area (Å²) in [6, 6.07) is 6.42. The number of anilines is 1. The first-order valence-corrected chi connectivity index (χ1v) is 10.6. The Hall–Kier alpha value is -3.15. The molecule has 0 spiro atoms. The zero-order valence-corrected chi connectivity index (χ0v) is 17.8. The van der Waals surface area contributed by atoms with Crippen LogP contribution in [0.3, 0.4) is 0 Å². The number of aromatic amines is 2. The van der Waals surface area contributed by atoms with Gasteiger partial charge in [0.15, 0.2) is 0 Å². The van der Waals surface area contributed by atoms with E-state index in [2.05, 4.69) is 66.4 Å². The number of rotatable bonds is 4. The molecule has 5 rings (SSSR count). The Morgan fingerprint density at radius 2 is 1.93 bits per heavy atom. The molecule has 1 atom stereocenters. The minimum Gasteiger partial charge on any atom is -0.367 e. The summed E-state index contributed by atoms with van der Waals surface area (Å²) in [4.78, 5) is 20.9. The number of aromatic nitrogens is 4. The van der Waals surface area contributed by atoms with Crippen LogP contribution in [0.4, 0.5) is 5.82 Å². The van der Waals surface area contributed by atoms with Gasteiger partial charge >= 0.3 is 0 Å². The molecule has 1 unspecified atom stereocenters. The molecule has 1 fully saturated rings. The van der Waals surface area contributed by atoms with Crippen molar-refractivity contribution in [2.75, 3.05) is 5.32 Å². The monoisotopic (exact) mass is 401 g/mol. The Balaban J connectivity index is 1.82. The Kier molecular flexibility index (Phi) is 4.20. The Bertz CT molecular complexity index is 1290. The molecule has 3 aromatic heterocycles. The summed E-state index contributed by atoms with van der Waals surface area (Å²) in [5.74, 6) is 1.32. The topological polar surface area (TPSA) is 86.5 Å². The molecule has 4 aromatic rings. The summed E-state index contributed by atoms with van der Waals surface area (Å²) in [6.07, 6.45) is 7.82. The first-order valence-electron chi connectivity index (χ1n) is 10.6. The van der Waals surface area contributed by atoms with E-state index in [-0.39, 0.29) is 17.0 Å². The maximum Gasteiger partial charge on any atom is 0.258 e. The van der Waals surface area contributed by atoms with Crippen LogP contribution >= 0.6 is 0 Å². The molecule has 1 saturated carbocycles. The number of benzene rings is 1. The second-order valence-corrected chi connectivity index (χ2v) is 9.51. The van der Waals surface area contributed by atoms with Crippen molar-refractivity contribution in [2.24, 2.45) is 5.41 Å². The van der Waals surface area contributed by atoms with Crippen molar-refractivity contribution in [3.05, 3.63) is 52.7 Å². The van der Waals surface area contributed by atoms with Crippen molar-refractivity contribution in [3.8, 4) is 11.1 Å². The van der Waals surface area contributed by atoms with Crippen molar-refractivity contribution >= 4 is 27.5 Å². The van der Waals surface area contributed by atoms with Gasteiger partial charge in [-0.2, -0.15) is 5.10 Å². The second-order valence-electron chi connectivity index (χ2n) is 9.51. The highest BCUT2D eigenvalue weighted by Gasteiger charge is 2.28. The lowest BCUT2D eigenvalue weighted by atomic mass is 9.88. The zero-order chi connectivity index (χ0) is 21.0. The first-order chi connectivity index (χ1) is 14.3. The number of hydrogen-bond acceptors (Lipinski definition) is 4. The Morgan fingerprint density at radius 1 is 1.13 bits per heavy atom. The molecule has 1 aliphatic carbocycles. The van der Waals surface area contributed by atoms with E-state index in [1.54, 1.807) is 6.20 Å². The average Bonchev–Trinajstić information content (AvgIpc) is 3.39. The lowest BCUT2D eigenvalue weighted by molar-refractivity contribution is 0.359. The number of nitrogens with one attached hydrogen (secondary N) is 3. The molecular weight excluding hydrogens is 374 g/mol. The van der Waals surface area contributed by atoms with Gasteiger partial charge in [-0.1, -0.05) is 32.9 Å². The minimum absolute atomic E-state index is 0.0766. The third kappa shape index (κ3) is 3.16. The number of H-pyrrole nitrogens is 2. The van der Waals surface area contributed by atoms with E-state index in [1.807, 2.05) is 12.4 Å². The minimum atomic E-state index is -0.0911. The Morgan fingerprint density at radius 3 is 2.60 bits per heavy atom. The maximum atomic E-state index is 12.9. The predicted molar refractivity (Wildman–Crippen MR) is 122 cm³/mol. The van der Waals surface area contributed by atoms with Gasteiger partial charge in [0, 0.05) is 34.8 Å². The summed E-state index contributed by atoms with van der Waals surface area (Å²) < 4.78 is 0. The van der Waals surface area contributed by atoms with Gasteiger partial charge < -0.3 is 10.3 Å². The molecule has 3 heterocycles. The van der Waals surface area contributed by atoms with Crippen LogP contribution in [0.1, 0.15) is 52.0 Å². The fourth-order valence-corrected chi connectivity index (χ4v) is 3.86. The molecule has 6 nitrogen and oxygen atoms in total. The van der Waals surface area contributed by atoms with Crippen LogP contribution in [0.15, 0.2) is 41.6 Å². The van der Waals surface area contributed by atoms with E-state index in [0.717, 1.165) is 51.6 Å². The molecule has 0 amide bonds. The van der Waals surface area contributed by atoms with Crippen LogP contribution in [0, 0.1) is 5.41 Å². The SMILES string of the molecule is CC(Nc1nc2c(C3CC3)c[nH]c(=O)c2c2cc(-c3cn[nH]c3)ccc12)C(C)(C)C. The molecule has 1 aliphatic rings. The number of fused-ring (bicyclic) bond motifs is 3. The number of pyridine rings is 2. The molecule has 0 saturated heterocycles. The van der Waals surface area contributed by atoms with Gasteiger partial charge in [0.1, 0.15) is 5.82 Å². The van der Waals surface area contributed by atoms with E-state index in [9.17, 15) is 4.79 Å². The number of hydrogen-bond donors (Lipinski definition) is 3. The van der Waals surface area contributed by atoms with Crippen LogP contribution in [-0.4, -0.2) is 26.2 Å². The summed E-state index contributed by atoms with van der Waals surface area (Å²) in [5.41, 5.74) is 3.97. The second kappa shape index (κ2) is 6.69. The van der Waals surface area contributed by atoms with Crippen molar-refractivity contribution in [2.45, 2.75) is 52.5 Å². The largest absolute Gasteiger partial charge is 0.367 e. The van der Waals surface area contributed by atoms with Crippen molar-refractivity contribution < 1.29 is 0 Å². The fraction of sp³-hybridized carbons (Fsp3) is 0.375. The van der Waals surface area contributed by atoms with E-state index >= 15 is 0 Å². The van der Waals surface area contributed by atoms with Gasteiger partial charge in [-0.15, -0.1) is 0 Å². The van der Waals surface area contributed by atoms with Crippen molar-refractivity contribution in [1.82, 2.24) is 20.2 Å². The summed E-state index contributed by atoms with van der Waals surface area (Å²) in [6.45, 7) is 8.82. The molecule has 154 valence electrons. The van der Waals surface area contributed by atoms with E-state index < -0.39 is 0 Å². The van der Waals surface area contributed by atoms with Crippen LogP contribution in [-0.2, 0) is 0 Å². The fourth-order valence-electron chi connectivity index (χ4n) is 3.86. The predicted octanol–water partition coefficient (Wildman–Crippen LogP) is 5.19. The molecule has 0 bridgehead atoms. The molecule has 0 aliphatic heterocycles. The zero-order valence-electron chi connectivity index (χ0n) is 17.8. The molecular formula is C24H27N5O.